The maximum absolute atomic E-state index is 4.50. The molecule has 6 aromatic rings. The summed E-state index contributed by atoms with van der Waals surface area (Å²) in [6, 6.07) is 24.3. The Morgan fingerprint density at radius 1 is 0.500 bits per heavy atom. The number of rotatable bonds is 2. The van der Waals surface area contributed by atoms with E-state index in [4.69, 9.17) is 0 Å². The number of para-hydroxylation sites is 2. The number of fused-ring (bicyclic) bond motifs is 6. The van der Waals surface area contributed by atoms with Crippen molar-refractivity contribution in [2.24, 2.45) is 0 Å². The second kappa shape index (κ2) is 6.72. The van der Waals surface area contributed by atoms with Crippen LogP contribution in [-0.4, -0.2) is 29.2 Å². The Bertz CT molecular complexity index is 1430. The van der Waals surface area contributed by atoms with Gasteiger partial charge in [0.2, 0.25) is 11.3 Å². The summed E-state index contributed by atoms with van der Waals surface area (Å²) in [5.41, 5.74) is 5.27. The van der Waals surface area contributed by atoms with Crippen molar-refractivity contribution in [3.8, 4) is 22.8 Å². The van der Waals surface area contributed by atoms with Gasteiger partial charge in [-0.25, -0.2) is 0 Å². The molecular weight excluding hydrogens is 508 g/mol. The van der Waals surface area contributed by atoms with E-state index < -0.39 is 0 Å². The van der Waals surface area contributed by atoms with E-state index in [0.717, 1.165) is 42.8 Å². The van der Waals surface area contributed by atoms with Crippen LogP contribution in [0.4, 0.5) is 0 Å². The summed E-state index contributed by atoms with van der Waals surface area (Å²) in [6.07, 6.45) is 0. The van der Waals surface area contributed by atoms with Gasteiger partial charge in [-0.15, -0.1) is 20.4 Å². The smallest absolute Gasteiger partial charge is 0.207 e. The Hall–Kier alpha value is -3.10. The molecule has 0 aliphatic heterocycles. The molecule has 0 spiro atoms. The van der Waals surface area contributed by atoms with Gasteiger partial charge in [-0.2, -0.15) is 0 Å². The van der Waals surface area contributed by atoms with E-state index in [1.54, 1.807) is 0 Å². The first-order valence-corrected chi connectivity index (χ1v) is 10.8. The maximum atomic E-state index is 4.50. The minimum absolute atomic E-state index is 0.669. The molecule has 144 valence electrons. The lowest BCUT2D eigenvalue weighted by Gasteiger charge is -2.09. The van der Waals surface area contributed by atoms with Crippen molar-refractivity contribution in [3.63, 3.8) is 0 Å². The highest BCUT2D eigenvalue weighted by Crippen LogP contribution is 2.30. The van der Waals surface area contributed by atoms with Gasteiger partial charge in [-0.05, 0) is 36.4 Å². The number of halogens is 2. The standard InChI is InChI=1S/C22H12Br2N6/c23-15-9-5-13(6-10-15)19-25-27-21-22-28-26-20(14-7-11-16(24)12-8-14)30(22)18-4-2-1-3-17(18)29(19)21/h1-12H. The van der Waals surface area contributed by atoms with Crippen LogP contribution in [0, 0.1) is 0 Å². The average Bonchev–Trinajstić information content (AvgIpc) is 3.40. The molecule has 3 aromatic carbocycles. The lowest BCUT2D eigenvalue weighted by Crippen LogP contribution is -2.00. The number of benzene rings is 3. The topological polar surface area (TPSA) is 60.4 Å². The van der Waals surface area contributed by atoms with Crippen LogP contribution in [0.25, 0.3) is 45.1 Å². The Balaban J connectivity index is 1.73. The monoisotopic (exact) mass is 518 g/mol. The molecule has 0 saturated carbocycles. The summed E-state index contributed by atoms with van der Waals surface area (Å²) in [7, 11) is 0. The highest BCUT2D eigenvalue weighted by atomic mass is 79.9. The molecule has 3 heterocycles. The summed E-state index contributed by atoms with van der Waals surface area (Å²) in [5.74, 6) is 1.54. The zero-order chi connectivity index (χ0) is 20.2. The predicted octanol–water partition coefficient (Wildman–Crippen LogP) is 5.78. The molecule has 0 unspecified atom stereocenters. The lowest BCUT2D eigenvalue weighted by atomic mass is 10.2. The third-order valence-electron chi connectivity index (χ3n) is 5.09. The third kappa shape index (κ3) is 2.60. The van der Waals surface area contributed by atoms with Gasteiger partial charge in [0.1, 0.15) is 0 Å². The fraction of sp³-hybridized carbons (Fsp3) is 0. The van der Waals surface area contributed by atoms with Gasteiger partial charge in [-0.1, -0.05) is 68.3 Å². The van der Waals surface area contributed by atoms with E-state index in [1.165, 1.54) is 0 Å². The van der Waals surface area contributed by atoms with E-state index in [1.807, 2.05) is 69.5 Å². The number of aromatic nitrogens is 6. The molecule has 0 aliphatic carbocycles. The van der Waals surface area contributed by atoms with Crippen molar-refractivity contribution in [1.29, 1.82) is 0 Å². The molecule has 0 N–H and O–H groups in total. The van der Waals surface area contributed by atoms with E-state index in [2.05, 4.69) is 64.4 Å². The van der Waals surface area contributed by atoms with Crippen molar-refractivity contribution < 1.29 is 0 Å². The number of hydrogen-bond donors (Lipinski definition) is 0. The molecule has 0 aliphatic rings. The van der Waals surface area contributed by atoms with Gasteiger partial charge in [0, 0.05) is 20.1 Å². The first-order valence-electron chi connectivity index (χ1n) is 9.23. The van der Waals surface area contributed by atoms with Gasteiger partial charge in [0.15, 0.2) is 11.6 Å². The molecule has 0 radical (unpaired) electrons. The molecule has 0 bridgehead atoms. The predicted molar refractivity (Wildman–Crippen MR) is 123 cm³/mol. The van der Waals surface area contributed by atoms with Crippen LogP contribution in [0.1, 0.15) is 0 Å². The summed E-state index contributed by atoms with van der Waals surface area (Å²) < 4.78 is 6.13. The second-order valence-corrected chi connectivity index (χ2v) is 8.70. The molecule has 6 rings (SSSR count). The van der Waals surface area contributed by atoms with E-state index >= 15 is 0 Å². The highest BCUT2D eigenvalue weighted by molar-refractivity contribution is 9.10. The average molecular weight is 520 g/mol. The van der Waals surface area contributed by atoms with Crippen LogP contribution < -0.4 is 0 Å². The normalized spacial score (nSPS) is 11.7. The number of nitrogens with zero attached hydrogens (tertiary/aromatic N) is 6. The van der Waals surface area contributed by atoms with Crippen molar-refractivity contribution in [3.05, 3.63) is 81.7 Å². The lowest BCUT2D eigenvalue weighted by molar-refractivity contribution is 1.10. The van der Waals surface area contributed by atoms with E-state index in [0.29, 0.717) is 11.3 Å². The number of hydrogen-bond acceptors (Lipinski definition) is 4. The minimum atomic E-state index is 0.669. The molecule has 3 aromatic heterocycles. The van der Waals surface area contributed by atoms with Crippen molar-refractivity contribution >= 4 is 54.2 Å². The maximum Gasteiger partial charge on any atom is 0.207 e. The summed E-state index contributed by atoms with van der Waals surface area (Å²) in [5, 5.41) is 18.0. The molecular formula is C22H12Br2N6. The Morgan fingerprint density at radius 2 is 0.900 bits per heavy atom. The molecule has 0 fully saturated rings. The first kappa shape index (κ1) is 17.7. The second-order valence-electron chi connectivity index (χ2n) is 6.87. The van der Waals surface area contributed by atoms with Crippen molar-refractivity contribution in [2.45, 2.75) is 0 Å². The van der Waals surface area contributed by atoms with Crippen LogP contribution in [0.3, 0.4) is 0 Å². The Kier molecular flexibility index (Phi) is 3.97. The van der Waals surface area contributed by atoms with Crippen LogP contribution in [0.15, 0.2) is 81.7 Å². The van der Waals surface area contributed by atoms with Crippen LogP contribution in [-0.2, 0) is 0 Å². The highest BCUT2D eigenvalue weighted by Gasteiger charge is 2.20. The third-order valence-corrected chi connectivity index (χ3v) is 6.15. The molecule has 6 nitrogen and oxygen atoms in total. The summed E-state index contributed by atoms with van der Waals surface area (Å²) in [6.45, 7) is 0. The summed E-state index contributed by atoms with van der Waals surface area (Å²) >= 11 is 6.99. The van der Waals surface area contributed by atoms with Gasteiger partial charge >= 0.3 is 0 Å². The minimum Gasteiger partial charge on any atom is -0.270 e. The molecule has 30 heavy (non-hydrogen) atoms. The first-order chi connectivity index (χ1) is 14.7. The fourth-order valence-corrected chi connectivity index (χ4v) is 4.26. The molecule has 8 heteroatoms. The van der Waals surface area contributed by atoms with Gasteiger partial charge in [-0.3, -0.25) is 8.80 Å². The van der Waals surface area contributed by atoms with Gasteiger partial charge < -0.3 is 0 Å². The largest absolute Gasteiger partial charge is 0.270 e. The van der Waals surface area contributed by atoms with E-state index in [-0.39, 0.29) is 0 Å². The fourth-order valence-electron chi connectivity index (χ4n) is 3.73. The zero-order valence-corrected chi connectivity index (χ0v) is 18.5. The quantitative estimate of drug-likeness (QED) is 0.291. The van der Waals surface area contributed by atoms with Crippen molar-refractivity contribution in [2.75, 3.05) is 0 Å². The van der Waals surface area contributed by atoms with Crippen LogP contribution in [0.5, 0.6) is 0 Å². The Labute approximate surface area is 187 Å². The molecule has 0 saturated heterocycles. The van der Waals surface area contributed by atoms with Crippen LogP contribution in [0.2, 0.25) is 0 Å². The van der Waals surface area contributed by atoms with Gasteiger partial charge in [0.25, 0.3) is 0 Å². The van der Waals surface area contributed by atoms with Gasteiger partial charge in [0.05, 0.1) is 11.0 Å². The van der Waals surface area contributed by atoms with Crippen molar-refractivity contribution in [1.82, 2.24) is 29.2 Å². The Morgan fingerprint density at radius 3 is 1.30 bits per heavy atom. The van der Waals surface area contributed by atoms with Crippen LogP contribution >= 0.6 is 31.9 Å². The molecule has 0 atom stereocenters. The SMILES string of the molecule is Brc1ccc(-c2nnc3c4nnc(-c5ccc(Br)cc5)n4c4ccccc4n23)cc1. The molecule has 0 amide bonds. The zero-order valence-electron chi connectivity index (χ0n) is 15.4. The van der Waals surface area contributed by atoms with E-state index in [9.17, 15) is 0 Å². The summed E-state index contributed by atoms with van der Waals surface area (Å²) in [4.78, 5) is 0.